The average Bonchev–Trinajstić information content (AvgIpc) is 2.72. The highest BCUT2D eigenvalue weighted by Crippen LogP contribution is 2.17. The second-order valence-corrected chi connectivity index (χ2v) is 4.97. The van der Waals surface area contributed by atoms with Crippen LogP contribution in [0.3, 0.4) is 0 Å². The maximum Gasteiger partial charge on any atom is 0.308 e. The van der Waals surface area contributed by atoms with Crippen molar-refractivity contribution in [3.8, 4) is 0 Å². The van der Waals surface area contributed by atoms with E-state index in [0.29, 0.717) is 13.2 Å². The predicted molar refractivity (Wildman–Crippen MR) is 64.3 cm³/mol. The Labute approximate surface area is 110 Å². The Bertz CT molecular complexity index is 378. The molecule has 106 valence electrons. The van der Waals surface area contributed by atoms with Gasteiger partial charge in [0.05, 0.1) is 12.5 Å². The number of rotatable bonds is 4. The number of ether oxygens (including phenoxy) is 1. The number of carboxylic acids is 1. The molecule has 0 saturated carbocycles. The number of nitrogens with one attached hydrogen (secondary N) is 1. The van der Waals surface area contributed by atoms with E-state index in [0.717, 1.165) is 12.8 Å². The second-order valence-electron chi connectivity index (χ2n) is 4.97. The van der Waals surface area contributed by atoms with Gasteiger partial charge in [-0.25, -0.2) is 0 Å². The first-order valence-corrected chi connectivity index (χ1v) is 6.44. The lowest BCUT2D eigenvalue weighted by Crippen LogP contribution is -2.44. The van der Waals surface area contributed by atoms with E-state index in [1.165, 1.54) is 4.90 Å². The van der Waals surface area contributed by atoms with E-state index in [1.807, 2.05) is 0 Å². The summed E-state index contributed by atoms with van der Waals surface area (Å²) in [5.41, 5.74) is 0. The van der Waals surface area contributed by atoms with Crippen LogP contribution in [0.5, 0.6) is 0 Å². The minimum absolute atomic E-state index is 0.0140. The minimum Gasteiger partial charge on any atom is -0.481 e. The van der Waals surface area contributed by atoms with Crippen LogP contribution in [-0.4, -0.2) is 60.1 Å². The van der Waals surface area contributed by atoms with E-state index < -0.39 is 11.9 Å². The zero-order valence-electron chi connectivity index (χ0n) is 10.6. The van der Waals surface area contributed by atoms with Gasteiger partial charge in [-0.3, -0.25) is 14.4 Å². The van der Waals surface area contributed by atoms with Gasteiger partial charge in [-0.1, -0.05) is 0 Å². The van der Waals surface area contributed by atoms with E-state index in [1.54, 1.807) is 0 Å². The van der Waals surface area contributed by atoms with E-state index >= 15 is 0 Å². The van der Waals surface area contributed by atoms with Crippen molar-refractivity contribution in [2.75, 3.05) is 26.3 Å². The number of amides is 2. The van der Waals surface area contributed by atoms with Gasteiger partial charge in [-0.2, -0.15) is 0 Å². The Hall–Kier alpha value is -1.63. The van der Waals surface area contributed by atoms with Crippen molar-refractivity contribution in [1.82, 2.24) is 10.2 Å². The maximum absolute atomic E-state index is 11.8. The van der Waals surface area contributed by atoms with Crippen LogP contribution < -0.4 is 5.32 Å². The Morgan fingerprint density at radius 1 is 1.37 bits per heavy atom. The fourth-order valence-corrected chi connectivity index (χ4v) is 2.38. The van der Waals surface area contributed by atoms with E-state index in [4.69, 9.17) is 9.84 Å². The van der Waals surface area contributed by atoms with E-state index in [9.17, 15) is 14.4 Å². The standard InChI is InChI=1S/C12H18N2O5/c15-10(13-9-1-3-19-4-2-9)7-14-6-8(12(17)18)5-11(14)16/h8-9H,1-7H2,(H,13,15)(H,17,18). The lowest BCUT2D eigenvalue weighted by molar-refractivity contribution is -0.141. The van der Waals surface area contributed by atoms with Gasteiger partial charge in [-0.05, 0) is 12.8 Å². The Morgan fingerprint density at radius 2 is 2.05 bits per heavy atom. The molecule has 2 amide bonds. The first-order valence-electron chi connectivity index (χ1n) is 6.44. The van der Waals surface area contributed by atoms with Crippen molar-refractivity contribution in [1.29, 1.82) is 0 Å². The molecule has 7 heteroatoms. The molecule has 2 aliphatic rings. The zero-order chi connectivity index (χ0) is 13.8. The fraction of sp³-hybridized carbons (Fsp3) is 0.750. The number of hydrogen-bond acceptors (Lipinski definition) is 4. The van der Waals surface area contributed by atoms with Gasteiger partial charge in [0.2, 0.25) is 11.8 Å². The summed E-state index contributed by atoms with van der Waals surface area (Å²) in [5.74, 6) is -2.18. The molecule has 2 N–H and O–H groups in total. The lowest BCUT2D eigenvalue weighted by atomic mass is 10.1. The third-order valence-corrected chi connectivity index (χ3v) is 3.48. The second kappa shape index (κ2) is 6.01. The molecule has 0 bridgehead atoms. The predicted octanol–water partition coefficient (Wildman–Crippen LogP) is -0.785. The van der Waals surface area contributed by atoms with E-state index in [2.05, 4.69) is 5.32 Å². The van der Waals surface area contributed by atoms with Crippen molar-refractivity contribution in [3.05, 3.63) is 0 Å². The number of nitrogens with zero attached hydrogens (tertiary/aromatic N) is 1. The normalized spacial score (nSPS) is 24.5. The van der Waals surface area contributed by atoms with Crippen LogP contribution in [-0.2, 0) is 19.1 Å². The van der Waals surface area contributed by atoms with Crippen molar-refractivity contribution in [2.24, 2.45) is 5.92 Å². The first kappa shape index (κ1) is 13.8. The number of aliphatic carboxylic acids is 1. The van der Waals surface area contributed by atoms with Gasteiger partial charge < -0.3 is 20.1 Å². The van der Waals surface area contributed by atoms with Crippen molar-refractivity contribution in [2.45, 2.75) is 25.3 Å². The summed E-state index contributed by atoms with van der Waals surface area (Å²) in [6.45, 7) is 1.33. The maximum atomic E-state index is 11.8. The summed E-state index contributed by atoms with van der Waals surface area (Å²) < 4.78 is 5.19. The van der Waals surface area contributed by atoms with Gasteiger partial charge in [-0.15, -0.1) is 0 Å². The SMILES string of the molecule is O=C(CN1CC(C(=O)O)CC1=O)NC1CCOCC1. The monoisotopic (exact) mass is 270 g/mol. The summed E-state index contributed by atoms with van der Waals surface area (Å²) >= 11 is 0. The minimum atomic E-state index is -0.985. The highest BCUT2D eigenvalue weighted by molar-refractivity contribution is 5.89. The van der Waals surface area contributed by atoms with Crippen LogP contribution in [0.4, 0.5) is 0 Å². The largest absolute Gasteiger partial charge is 0.481 e. The molecule has 0 aromatic heterocycles. The molecule has 2 heterocycles. The highest BCUT2D eigenvalue weighted by Gasteiger charge is 2.35. The smallest absolute Gasteiger partial charge is 0.308 e. The Kier molecular flexibility index (Phi) is 4.36. The molecule has 2 saturated heterocycles. The number of carbonyl (C=O) groups excluding carboxylic acids is 2. The molecule has 2 rings (SSSR count). The summed E-state index contributed by atoms with van der Waals surface area (Å²) in [4.78, 5) is 35.5. The Morgan fingerprint density at radius 3 is 2.63 bits per heavy atom. The topological polar surface area (TPSA) is 95.9 Å². The van der Waals surface area contributed by atoms with Gasteiger partial charge in [0.1, 0.15) is 0 Å². The van der Waals surface area contributed by atoms with Gasteiger partial charge in [0.25, 0.3) is 0 Å². The summed E-state index contributed by atoms with van der Waals surface area (Å²) in [5, 5.41) is 11.7. The van der Waals surface area contributed by atoms with Gasteiger partial charge in [0.15, 0.2) is 0 Å². The summed E-state index contributed by atoms with van der Waals surface area (Å²) in [6.07, 6.45) is 1.54. The van der Waals surface area contributed by atoms with Crippen molar-refractivity contribution < 1.29 is 24.2 Å². The molecular formula is C12H18N2O5. The van der Waals surface area contributed by atoms with Crippen molar-refractivity contribution in [3.63, 3.8) is 0 Å². The molecule has 2 fully saturated rings. The molecule has 7 nitrogen and oxygen atoms in total. The van der Waals surface area contributed by atoms with E-state index in [-0.39, 0.29) is 37.4 Å². The van der Waals surface area contributed by atoms with Crippen LogP contribution in [0.2, 0.25) is 0 Å². The molecule has 0 aliphatic carbocycles. The highest BCUT2D eigenvalue weighted by atomic mass is 16.5. The Balaban J connectivity index is 1.78. The third kappa shape index (κ3) is 3.66. The van der Waals surface area contributed by atoms with Crippen LogP contribution in [0.1, 0.15) is 19.3 Å². The fourth-order valence-electron chi connectivity index (χ4n) is 2.38. The van der Waals surface area contributed by atoms with Gasteiger partial charge in [0, 0.05) is 32.2 Å². The molecule has 0 spiro atoms. The number of hydrogen-bond donors (Lipinski definition) is 2. The molecule has 0 radical (unpaired) electrons. The molecular weight excluding hydrogens is 252 g/mol. The number of likely N-dealkylation sites (tertiary alicyclic amines) is 1. The molecule has 1 unspecified atom stereocenters. The molecule has 2 aliphatic heterocycles. The lowest BCUT2D eigenvalue weighted by Gasteiger charge is -2.24. The zero-order valence-corrected chi connectivity index (χ0v) is 10.6. The van der Waals surface area contributed by atoms with Crippen LogP contribution in [0.15, 0.2) is 0 Å². The number of carbonyl (C=O) groups is 3. The quantitative estimate of drug-likeness (QED) is 0.698. The third-order valence-electron chi connectivity index (χ3n) is 3.48. The van der Waals surface area contributed by atoms with Crippen LogP contribution in [0.25, 0.3) is 0 Å². The average molecular weight is 270 g/mol. The van der Waals surface area contributed by atoms with Crippen LogP contribution >= 0.6 is 0 Å². The van der Waals surface area contributed by atoms with Crippen molar-refractivity contribution >= 4 is 17.8 Å². The summed E-state index contributed by atoms with van der Waals surface area (Å²) in [6, 6.07) is 0.0919. The molecule has 0 aromatic carbocycles. The number of carboxylic acid groups (broad SMARTS) is 1. The first-order chi connectivity index (χ1) is 9.06. The summed E-state index contributed by atoms with van der Waals surface area (Å²) in [7, 11) is 0. The van der Waals surface area contributed by atoms with Crippen LogP contribution in [0, 0.1) is 5.92 Å². The molecule has 19 heavy (non-hydrogen) atoms. The molecule has 0 aromatic rings. The van der Waals surface area contributed by atoms with Gasteiger partial charge >= 0.3 is 5.97 Å². The molecule has 1 atom stereocenters.